The Morgan fingerprint density at radius 3 is 2.48 bits per heavy atom. The minimum atomic E-state index is -0.349. The molecule has 1 fully saturated rings. The van der Waals surface area contributed by atoms with Crippen molar-refractivity contribution in [3.63, 3.8) is 0 Å². The minimum Gasteiger partial charge on any atom is -0.457 e. The third-order valence-corrected chi connectivity index (χ3v) is 5.94. The van der Waals surface area contributed by atoms with Gasteiger partial charge < -0.3 is 15.0 Å². The van der Waals surface area contributed by atoms with Gasteiger partial charge in [0.2, 0.25) is 11.8 Å². The molecule has 2 amide bonds. The van der Waals surface area contributed by atoms with Crippen molar-refractivity contribution < 1.29 is 14.3 Å². The second-order valence-electron chi connectivity index (χ2n) is 8.97. The fourth-order valence-electron chi connectivity index (χ4n) is 4.09. The van der Waals surface area contributed by atoms with E-state index >= 15 is 0 Å². The molecule has 0 radical (unpaired) electrons. The normalized spacial score (nSPS) is 15.7. The van der Waals surface area contributed by atoms with Gasteiger partial charge in [0.1, 0.15) is 11.5 Å². The van der Waals surface area contributed by atoms with Crippen molar-refractivity contribution in [3.8, 4) is 11.5 Å². The zero-order valence-electron chi connectivity index (χ0n) is 19.4. The first-order chi connectivity index (χ1) is 15.9. The summed E-state index contributed by atoms with van der Waals surface area (Å²) in [5, 5.41) is 2.95. The topological polar surface area (TPSA) is 58.6 Å². The molecule has 0 spiro atoms. The monoisotopic (exact) mass is 442 g/mol. The number of amides is 2. The van der Waals surface area contributed by atoms with E-state index in [0.717, 1.165) is 22.4 Å². The molecule has 3 aromatic rings. The maximum absolute atomic E-state index is 12.8. The van der Waals surface area contributed by atoms with E-state index in [0.29, 0.717) is 30.4 Å². The van der Waals surface area contributed by atoms with Gasteiger partial charge in [0.05, 0.1) is 5.92 Å². The fourth-order valence-corrected chi connectivity index (χ4v) is 4.09. The molecule has 5 heteroatoms. The van der Waals surface area contributed by atoms with E-state index in [9.17, 15) is 9.59 Å². The van der Waals surface area contributed by atoms with Crippen LogP contribution in [0.2, 0.25) is 0 Å². The third kappa shape index (κ3) is 5.61. The summed E-state index contributed by atoms with van der Waals surface area (Å²) in [6, 6.07) is 23.4. The zero-order valence-corrected chi connectivity index (χ0v) is 19.4. The second kappa shape index (κ2) is 9.90. The molecular weight excluding hydrogens is 412 g/mol. The van der Waals surface area contributed by atoms with Crippen molar-refractivity contribution in [2.45, 2.75) is 39.7 Å². The number of rotatable bonds is 7. The molecule has 1 aliphatic heterocycles. The number of ether oxygens (including phenoxy) is 1. The number of aryl methyl sites for hydroxylation is 1. The number of nitrogens with one attached hydrogen (secondary N) is 1. The fraction of sp³-hybridized carbons (Fsp3) is 0.286. The summed E-state index contributed by atoms with van der Waals surface area (Å²) in [6.07, 6.45) is 0.241. The van der Waals surface area contributed by atoms with Crippen molar-refractivity contribution >= 4 is 17.5 Å². The van der Waals surface area contributed by atoms with Crippen LogP contribution in [0, 0.1) is 12.8 Å². The first-order valence-electron chi connectivity index (χ1n) is 11.4. The van der Waals surface area contributed by atoms with Crippen LogP contribution in [0.3, 0.4) is 0 Å². The molecule has 3 aromatic carbocycles. The number of anilines is 1. The lowest BCUT2D eigenvalue weighted by molar-refractivity contribution is -0.128. The number of carbonyl (C=O) groups excluding carboxylic acids is 2. The Morgan fingerprint density at radius 1 is 1.06 bits per heavy atom. The van der Waals surface area contributed by atoms with Gasteiger partial charge in [0, 0.05) is 25.2 Å². The van der Waals surface area contributed by atoms with Crippen LogP contribution in [0.25, 0.3) is 0 Å². The number of nitrogens with zero attached hydrogens (tertiary/aromatic N) is 1. The molecule has 1 aliphatic rings. The van der Waals surface area contributed by atoms with Crippen LogP contribution in [-0.2, 0) is 16.1 Å². The highest BCUT2D eigenvalue weighted by molar-refractivity contribution is 5.97. The largest absolute Gasteiger partial charge is 0.457 e. The van der Waals surface area contributed by atoms with Crippen LogP contribution in [0.5, 0.6) is 11.5 Å². The molecule has 1 atom stereocenters. The van der Waals surface area contributed by atoms with Gasteiger partial charge in [-0.15, -0.1) is 0 Å². The Bertz CT molecular complexity index is 1120. The van der Waals surface area contributed by atoms with Gasteiger partial charge in [-0.25, -0.2) is 0 Å². The Balaban J connectivity index is 1.36. The third-order valence-electron chi connectivity index (χ3n) is 5.94. The van der Waals surface area contributed by atoms with Gasteiger partial charge in [0.25, 0.3) is 0 Å². The number of carbonyl (C=O) groups is 2. The maximum Gasteiger partial charge on any atom is 0.229 e. The Kier molecular flexibility index (Phi) is 6.78. The lowest BCUT2D eigenvalue weighted by Gasteiger charge is -2.17. The predicted octanol–water partition coefficient (Wildman–Crippen LogP) is 5.90. The van der Waals surface area contributed by atoms with Gasteiger partial charge in [-0.05, 0) is 59.9 Å². The van der Waals surface area contributed by atoms with E-state index in [1.165, 1.54) is 0 Å². The zero-order chi connectivity index (χ0) is 23.4. The molecule has 170 valence electrons. The number of hydrogen-bond donors (Lipinski definition) is 1. The highest BCUT2D eigenvalue weighted by Crippen LogP contribution is 2.32. The van der Waals surface area contributed by atoms with E-state index in [1.54, 1.807) is 4.90 Å². The first-order valence-corrected chi connectivity index (χ1v) is 11.4. The Hall–Kier alpha value is -3.60. The van der Waals surface area contributed by atoms with Crippen LogP contribution in [-0.4, -0.2) is 23.3 Å². The van der Waals surface area contributed by atoms with Crippen LogP contribution in [0.4, 0.5) is 5.69 Å². The van der Waals surface area contributed by atoms with Gasteiger partial charge in [-0.1, -0.05) is 56.3 Å². The number of benzene rings is 3. The van der Waals surface area contributed by atoms with Crippen molar-refractivity contribution in [2.75, 3.05) is 11.9 Å². The van der Waals surface area contributed by atoms with E-state index < -0.39 is 0 Å². The highest BCUT2D eigenvalue weighted by atomic mass is 16.5. The van der Waals surface area contributed by atoms with E-state index in [1.807, 2.05) is 67.6 Å². The smallest absolute Gasteiger partial charge is 0.229 e. The Morgan fingerprint density at radius 2 is 1.79 bits per heavy atom. The van der Waals surface area contributed by atoms with E-state index in [-0.39, 0.29) is 24.2 Å². The van der Waals surface area contributed by atoms with Crippen LogP contribution in [0.1, 0.15) is 42.9 Å². The molecule has 4 rings (SSSR count). The predicted molar refractivity (Wildman–Crippen MR) is 130 cm³/mol. The average Bonchev–Trinajstić information content (AvgIpc) is 3.16. The molecule has 0 bridgehead atoms. The summed E-state index contributed by atoms with van der Waals surface area (Å²) in [4.78, 5) is 26.9. The van der Waals surface area contributed by atoms with Crippen molar-refractivity contribution in [1.29, 1.82) is 0 Å². The maximum atomic E-state index is 12.8. The molecule has 0 unspecified atom stereocenters. The molecule has 0 saturated carbocycles. The first kappa shape index (κ1) is 22.6. The standard InChI is InChI=1S/C28H30N2O3/c1-19(2)25-14-9-20(3)15-26(25)33-24-12-10-23(11-13-24)29-28(32)22-16-27(31)30(18-22)17-21-7-5-4-6-8-21/h4-15,19,22H,16-18H2,1-3H3,(H,29,32)/t22-/m1/s1. The van der Waals surface area contributed by atoms with E-state index in [4.69, 9.17) is 4.74 Å². The average molecular weight is 443 g/mol. The summed E-state index contributed by atoms with van der Waals surface area (Å²) >= 11 is 0. The molecule has 0 aliphatic carbocycles. The molecule has 0 aromatic heterocycles. The minimum absolute atomic E-state index is 0.0156. The number of likely N-dealkylation sites (tertiary alicyclic amines) is 1. The van der Waals surface area contributed by atoms with Crippen LogP contribution >= 0.6 is 0 Å². The van der Waals surface area contributed by atoms with Gasteiger partial charge >= 0.3 is 0 Å². The van der Waals surface area contributed by atoms with Crippen molar-refractivity contribution in [1.82, 2.24) is 4.90 Å². The summed E-state index contributed by atoms with van der Waals surface area (Å²) < 4.78 is 6.13. The molecule has 1 saturated heterocycles. The van der Waals surface area contributed by atoms with Gasteiger partial charge in [0.15, 0.2) is 0 Å². The molecule has 1 N–H and O–H groups in total. The summed E-state index contributed by atoms with van der Waals surface area (Å²) in [5.74, 6) is 1.46. The number of hydrogen-bond acceptors (Lipinski definition) is 3. The highest BCUT2D eigenvalue weighted by Gasteiger charge is 2.34. The SMILES string of the molecule is Cc1ccc(C(C)C)c(Oc2ccc(NC(=O)[C@@H]3CC(=O)N(Cc4ccccc4)C3)cc2)c1. The quantitative estimate of drug-likeness (QED) is 0.496. The van der Waals surface area contributed by atoms with Crippen molar-refractivity contribution in [3.05, 3.63) is 89.5 Å². The van der Waals surface area contributed by atoms with Gasteiger partial charge in [-0.3, -0.25) is 9.59 Å². The van der Waals surface area contributed by atoms with E-state index in [2.05, 4.69) is 31.3 Å². The molecule has 33 heavy (non-hydrogen) atoms. The van der Waals surface area contributed by atoms with Gasteiger partial charge in [-0.2, -0.15) is 0 Å². The second-order valence-corrected chi connectivity index (χ2v) is 8.97. The van der Waals surface area contributed by atoms with Crippen molar-refractivity contribution in [2.24, 2.45) is 5.92 Å². The molecular formula is C28H30N2O3. The lowest BCUT2D eigenvalue weighted by Crippen LogP contribution is -2.28. The molecule has 1 heterocycles. The van der Waals surface area contributed by atoms with Crippen LogP contribution in [0.15, 0.2) is 72.8 Å². The molecule has 5 nitrogen and oxygen atoms in total. The lowest BCUT2D eigenvalue weighted by atomic mass is 10.0. The summed E-state index contributed by atoms with van der Waals surface area (Å²) in [6.45, 7) is 7.30. The summed E-state index contributed by atoms with van der Waals surface area (Å²) in [5.41, 5.74) is 4.06. The van der Waals surface area contributed by atoms with Crippen LogP contribution < -0.4 is 10.1 Å². The Labute approximate surface area is 195 Å². The summed E-state index contributed by atoms with van der Waals surface area (Å²) in [7, 11) is 0.